The number of hydrogen-bond donors (Lipinski definition) is 1. The Balaban J connectivity index is 2.56. The van der Waals surface area contributed by atoms with Crippen molar-refractivity contribution in [1.29, 1.82) is 0 Å². The van der Waals surface area contributed by atoms with Gasteiger partial charge in [-0.3, -0.25) is 4.79 Å². The van der Waals surface area contributed by atoms with E-state index in [0.29, 0.717) is 0 Å². The first-order chi connectivity index (χ1) is 7.50. The quantitative estimate of drug-likeness (QED) is 0.620. The van der Waals surface area contributed by atoms with Crippen molar-refractivity contribution >= 4 is 11.9 Å². The highest BCUT2D eigenvalue weighted by Gasteiger charge is 2.19. The largest absolute Gasteiger partial charge is 0.382 e. The second-order valence-corrected chi connectivity index (χ2v) is 4.05. The predicted molar refractivity (Wildman–Crippen MR) is 65.9 cm³/mol. The Bertz CT molecular complexity index is 394. The molecule has 0 heterocycles. The minimum Gasteiger partial charge on any atom is -0.382 e. The molecule has 2 heteroatoms. The number of ketones is 1. The summed E-state index contributed by atoms with van der Waals surface area (Å²) >= 11 is 0. The molecule has 0 aliphatic carbocycles. The average Bonchev–Trinajstić information content (AvgIpc) is 2.24. The van der Waals surface area contributed by atoms with Gasteiger partial charge >= 0.3 is 0 Å². The van der Waals surface area contributed by atoms with Gasteiger partial charge in [-0.2, -0.15) is 0 Å². The van der Waals surface area contributed by atoms with E-state index in [0.717, 1.165) is 5.56 Å². The van der Waals surface area contributed by atoms with Gasteiger partial charge in [-0.25, -0.2) is 0 Å². The molecule has 16 heavy (non-hydrogen) atoms. The van der Waals surface area contributed by atoms with Gasteiger partial charge in [-0.05, 0) is 25.5 Å². The fourth-order valence-electron chi connectivity index (χ4n) is 1.08. The van der Waals surface area contributed by atoms with Gasteiger partial charge in [0.15, 0.2) is 5.78 Å². The first-order valence-corrected chi connectivity index (χ1v) is 5.17. The van der Waals surface area contributed by atoms with Crippen molar-refractivity contribution in [1.82, 2.24) is 0 Å². The van der Waals surface area contributed by atoms with Gasteiger partial charge in [0.1, 0.15) is 5.60 Å². The lowest BCUT2D eigenvalue weighted by atomic mass is 10.0. The van der Waals surface area contributed by atoms with Crippen molar-refractivity contribution in [2.45, 2.75) is 19.4 Å². The van der Waals surface area contributed by atoms with Gasteiger partial charge in [-0.15, -0.1) is 0 Å². The molecule has 0 spiro atoms. The van der Waals surface area contributed by atoms with Gasteiger partial charge in [-0.1, -0.05) is 48.6 Å². The lowest BCUT2D eigenvalue weighted by molar-refractivity contribution is -0.128. The van der Waals surface area contributed by atoms with Crippen molar-refractivity contribution in [2.24, 2.45) is 0 Å². The summed E-state index contributed by atoms with van der Waals surface area (Å²) in [6, 6.07) is 9.80. The van der Waals surface area contributed by atoms with E-state index < -0.39 is 5.60 Å². The molecule has 0 saturated heterocycles. The number of benzene rings is 1. The summed E-state index contributed by atoms with van der Waals surface area (Å²) in [5.74, 6) is -0.301. The smallest absolute Gasteiger partial charge is 0.186 e. The fourth-order valence-corrected chi connectivity index (χ4v) is 1.08. The van der Waals surface area contributed by atoms with Crippen molar-refractivity contribution in [3.63, 3.8) is 0 Å². The second kappa shape index (κ2) is 5.42. The average molecular weight is 216 g/mol. The van der Waals surface area contributed by atoms with Crippen LogP contribution in [-0.4, -0.2) is 16.5 Å². The molecule has 0 unspecified atom stereocenters. The van der Waals surface area contributed by atoms with Gasteiger partial charge in [0.25, 0.3) is 0 Å². The van der Waals surface area contributed by atoms with E-state index in [1.165, 1.54) is 19.9 Å². The molecule has 2 nitrogen and oxygen atoms in total. The standard InChI is InChI=1S/C14H16O2/c1-14(2,16)13(15)11-7-6-10-12-8-4-3-5-9-12/h3-11,16H,1-2H3/b10-6+,11-7+. The number of carbonyl (C=O) groups is 1. The lowest BCUT2D eigenvalue weighted by Crippen LogP contribution is -2.29. The number of aliphatic hydroxyl groups is 1. The van der Waals surface area contributed by atoms with Crippen LogP contribution >= 0.6 is 0 Å². The topological polar surface area (TPSA) is 37.3 Å². The molecule has 1 aromatic carbocycles. The molecule has 1 rings (SSSR count). The van der Waals surface area contributed by atoms with Crippen LogP contribution in [-0.2, 0) is 4.79 Å². The molecule has 0 radical (unpaired) electrons. The summed E-state index contributed by atoms with van der Waals surface area (Å²) in [5.41, 5.74) is -0.222. The van der Waals surface area contributed by atoms with Crippen molar-refractivity contribution < 1.29 is 9.90 Å². The Labute approximate surface area is 95.9 Å². The van der Waals surface area contributed by atoms with E-state index >= 15 is 0 Å². The maximum absolute atomic E-state index is 11.3. The molecule has 0 saturated carbocycles. The number of allylic oxidation sites excluding steroid dienone is 2. The summed E-state index contributed by atoms with van der Waals surface area (Å²) in [5, 5.41) is 9.38. The van der Waals surface area contributed by atoms with Crippen LogP contribution in [0.3, 0.4) is 0 Å². The molecular weight excluding hydrogens is 200 g/mol. The molecule has 0 bridgehead atoms. The zero-order valence-electron chi connectivity index (χ0n) is 9.55. The van der Waals surface area contributed by atoms with Crippen LogP contribution in [0.15, 0.2) is 48.6 Å². The van der Waals surface area contributed by atoms with Crippen molar-refractivity contribution in [3.8, 4) is 0 Å². The van der Waals surface area contributed by atoms with Crippen LogP contribution in [0, 0.1) is 0 Å². The Morgan fingerprint density at radius 1 is 1.19 bits per heavy atom. The van der Waals surface area contributed by atoms with Gasteiger partial charge in [0.05, 0.1) is 0 Å². The summed E-state index contributed by atoms with van der Waals surface area (Å²) in [4.78, 5) is 11.3. The van der Waals surface area contributed by atoms with E-state index in [-0.39, 0.29) is 5.78 Å². The first-order valence-electron chi connectivity index (χ1n) is 5.17. The third-order valence-corrected chi connectivity index (χ3v) is 2.05. The van der Waals surface area contributed by atoms with Crippen LogP contribution in [0.1, 0.15) is 19.4 Å². The van der Waals surface area contributed by atoms with E-state index in [4.69, 9.17) is 0 Å². The maximum atomic E-state index is 11.3. The maximum Gasteiger partial charge on any atom is 0.186 e. The first kappa shape index (κ1) is 12.4. The molecule has 84 valence electrons. The van der Waals surface area contributed by atoms with Crippen molar-refractivity contribution in [3.05, 3.63) is 54.1 Å². The van der Waals surface area contributed by atoms with Gasteiger partial charge in [0, 0.05) is 0 Å². The fraction of sp³-hybridized carbons (Fsp3) is 0.214. The zero-order chi connectivity index (χ0) is 12.0. The van der Waals surface area contributed by atoms with E-state index in [2.05, 4.69) is 0 Å². The summed E-state index contributed by atoms with van der Waals surface area (Å²) in [6.07, 6.45) is 6.68. The minimum atomic E-state index is -1.29. The Morgan fingerprint density at radius 3 is 2.38 bits per heavy atom. The van der Waals surface area contributed by atoms with Gasteiger partial charge < -0.3 is 5.11 Å². The highest BCUT2D eigenvalue weighted by atomic mass is 16.3. The molecule has 0 aromatic heterocycles. The summed E-state index contributed by atoms with van der Waals surface area (Å²) in [7, 11) is 0. The van der Waals surface area contributed by atoms with Gasteiger partial charge in [0.2, 0.25) is 0 Å². The molecule has 0 atom stereocenters. The van der Waals surface area contributed by atoms with Crippen LogP contribution in [0.4, 0.5) is 0 Å². The Kier molecular flexibility index (Phi) is 4.20. The van der Waals surface area contributed by atoms with Crippen molar-refractivity contribution in [2.75, 3.05) is 0 Å². The molecular formula is C14H16O2. The third kappa shape index (κ3) is 4.24. The van der Waals surface area contributed by atoms with Crippen LogP contribution < -0.4 is 0 Å². The predicted octanol–water partition coefficient (Wildman–Crippen LogP) is 2.60. The van der Waals surface area contributed by atoms with E-state index in [1.54, 1.807) is 12.2 Å². The number of carbonyl (C=O) groups excluding carboxylic acids is 1. The molecule has 0 aliphatic rings. The SMILES string of the molecule is CC(C)(O)C(=O)/C=C/C=C/c1ccccc1. The second-order valence-electron chi connectivity index (χ2n) is 4.05. The normalized spacial score (nSPS) is 12.4. The lowest BCUT2D eigenvalue weighted by Gasteiger charge is -2.11. The monoisotopic (exact) mass is 216 g/mol. The third-order valence-electron chi connectivity index (χ3n) is 2.05. The molecule has 1 aromatic rings. The van der Waals surface area contributed by atoms with Crippen LogP contribution in [0.25, 0.3) is 6.08 Å². The number of hydrogen-bond acceptors (Lipinski definition) is 2. The minimum absolute atomic E-state index is 0.301. The zero-order valence-corrected chi connectivity index (χ0v) is 9.55. The summed E-state index contributed by atoms with van der Waals surface area (Å²) in [6.45, 7) is 2.95. The molecule has 0 amide bonds. The van der Waals surface area contributed by atoms with E-state index in [1.807, 2.05) is 36.4 Å². The molecule has 0 fully saturated rings. The highest BCUT2D eigenvalue weighted by molar-refractivity contribution is 5.96. The summed E-state index contributed by atoms with van der Waals surface area (Å²) < 4.78 is 0. The van der Waals surface area contributed by atoms with E-state index in [9.17, 15) is 9.90 Å². The number of rotatable bonds is 4. The molecule has 0 aliphatic heterocycles. The van der Waals surface area contributed by atoms with Crippen LogP contribution in [0.2, 0.25) is 0 Å². The Morgan fingerprint density at radius 2 is 1.81 bits per heavy atom. The molecule has 1 N–H and O–H groups in total. The van der Waals surface area contributed by atoms with Crippen LogP contribution in [0.5, 0.6) is 0 Å². The highest BCUT2D eigenvalue weighted by Crippen LogP contribution is 2.04. The Hall–Kier alpha value is -1.67.